The highest BCUT2D eigenvalue weighted by molar-refractivity contribution is 6.43. The second-order valence-electron chi connectivity index (χ2n) is 3.31. The molecule has 0 saturated carbocycles. The number of nitrogens with one attached hydrogen (secondary N) is 1. The number of aliphatic hydroxyl groups excluding tert-OH is 1. The summed E-state index contributed by atoms with van der Waals surface area (Å²) in [6, 6.07) is 3.66. The number of hydrogen-bond donors (Lipinski definition) is 2. The molecule has 0 bridgehead atoms. The molecule has 0 aliphatic heterocycles. The third-order valence-corrected chi connectivity index (χ3v) is 3.08. The van der Waals surface area contributed by atoms with Crippen LogP contribution in [-0.4, -0.2) is 25.4 Å². The van der Waals surface area contributed by atoms with Gasteiger partial charge in [-0.05, 0) is 24.6 Å². The quantitative estimate of drug-likeness (QED) is 0.775. The van der Waals surface area contributed by atoms with E-state index in [0.29, 0.717) is 22.3 Å². The molecule has 0 atom stereocenters. The molecule has 0 spiro atoms. The highest BCUT2D eigenvalue weighted by atomic mass is 35.5. The van der Waals surface area contributed by atoms with Crippen LogP contribution in [0.15, 0.2) is 12.1 Å². The van der Waals surface area contributed by atoms with Gasteiger partial charge in [-0.1, -0.05) is 29.3 Å². The molecule has 0 aliphatic carbocycles. The summed E-state index contributed by atoms with van der Waals surface area (Å²) in [5.41, 5.74) is 0.922. The van der Waals surface area contributed by atoms with Gasteiger partial charge in [-0.15, -0.1) is 0 Å². The molecule has 16 heavy (non-hydrogen) atoms. The second-order valence-corrected chi connectivity index (χ2v) is 4.06. The molecule has 5 heteroatoms. The van der Waals surface area contributed by atoms with Crippen molar-refractivity contribution in [3.05, 3.63) is 27.7 Å². The number of ether oxygens (including phenoxy) is 1. The fourth-order valence-electron chi connectivity index (χ4n) is 1.29. The van der Waals surface area contributed by atoms with E-state index in [1.807, 2.05) is 6.07 Å². The van der Waals surface area contributed by atoms with Crippen molar-refractivity contribution in [3.63, 3.8) is 0 Å². The van der Waals surface area contributed by atoms with Crippen molar-refractivity contribution in [1.82, 2.24) is 5.32 Å². The molecule has 1 rings (SSSR count). The summed E-state index contributed by atoms with van der Waals surface area (Å²) in [5, 5.41) is 12.7. The third-order valence-electron chi connectivity index (χ3n) is 2.17. The van der Waals surface area contributed by atoms with Gasteiger partial charge in [-0.2, -0.15) is 0 Å². The fourth-order valence-corrected chi connectivity index (χ4v) is 1.78. The first-order valence-corrected chi connectivity index (χ1v) is 5.78. The number of benzene rings is 1. The van der Waals surface area contributed by atoms with Crippen LogP contribution in [0, 0.1) is 0 Å². The molecular formula is C11H15Cl2NO2. The number of hydrogen-bond acceptors (Lipinski definition) is 3. The van der Waals surface area contributed by atoms with E-state index in [0.717, 1.165) is 18.5 Å². The fraction of sp³-hybridized carbons (Fsp3) is 0.455. The van der Waals surface area contributed by atoms with E-state index in [4.69, 9.17) is 33.0 Å². The summed E-state index contributed by atoms with van der Waals surface area (Å²) in [6.07, 6.45) is 0.724. The first-order valence-electron chi connectivity index (χ1n) is 5.03. The molecule has 3 nitrogen and oxygen atoms in total. The lowest BCUT2D eigenvalue weighted by Crippen LogP contribution is -2.16. The Morgan fingerprint density at radius 3 is 2.69 bits per heavy atom. The van der Waals surface area contributed by atoms with Gasteiger partial charge in [0.15, 0.2) is 0 Å². The Hall–Kier alpha value is -0.480. The van der Waals surface area contributed by atoms with Crippen LogP contribution in [0.2, 0.25) is 10.0 Å². The zero-order valence-electron chi connectivity index (χ0n) is 9.09. The highest BCUT2D eigenvalue weighted by Gasteiger charge is 2.09. The topological polar surface area (TPSA) is 41.5 Å². The minimum absolute atomic E-state index is 0.185. The van der Waals surface area contributed by atoms with Crippen LogP contribution in [0.25, 0.3) is 0 Å². The summed E-state index contributed by atoms with van der Waals surface area (Å²) in [6.45, 7) is 1.56. The average Bonchev–Trinajstić information content (AvgIpc) is 2.30. The van der Waals surface area contributed by atoms with Crippen molar-refractivity contribution in [2.75, 3.05) is 20.3 Å². The van der Waals surface area contributed by atoms with Crippen molar-refractivity contribution in [2.45, 2.75) is 13.0 Å². The molecule has 0 amide bonds. The summed E-state index contributed by atoms with van der Waals surface area (Å²) in [7, 11) is 1.55. The molecule has 0 aliphatic rings. The zero-order valence-corrected chi connectivity index (χ0v) is 10.6. The van der Waals surface area contributed by atoms with Crippen LogP contribution in [0.5, 0.6) is 5.75 Å². The molecule has 0 radical (unpaired) electrons. The molecule has 0 fully saturated rings. The van der Waals surface area contributed by atoms with Crippen molar-refractivity contribution in [3.8, 4) is 5.75 Å². The van der Waals surface area contributed by atoms with Gasteiger partial charge in [0.05, 0.1) is 12.1 Å². The van der Waals surface area contributed by atoms with E-state index in [2.05, 4.69) is 5.32 Å². The molecule has 0 saturated heterocycles. The number of halogens is 2. The highest BCUT2D eigenvalue weighted by Crippen LogP contribution is 2.34. The van der Waals surface area contributed by atoms with Crippen molar-refractivity contribution < 1.29 is 9.84 Å². The first-order chi connectivity index (χ1) is 7.70. The first kappa shape index (κ1) is 13.6. The molecule has 90 valence electrons. The smallest absolute Gasteiger partial charge is 0.138 e. The van der Waals surface area contributed by atoms with E-state index in [1.54, 1.807) is 13.2 Å². The summed E-state index contributed by atoms with van der Waals surface area (Å²) >= 11 is 12.1. The Morgan fingerprint density at radius 1 is 1.31 bits per heavy atom. The third kappa shape index (κ3) is 3.52. The Balaban J connectivity index is 2.64. The number of rotatable bonds is 6. The van der Waals surface area contributed by atoms with Gasteiger partial charge in [0.25, 0.3) is 0 Å². The van der Waals surface area contributed by atoms with Gasteiger partial charge in [-0.3, -0.25) is 0 Å². The van der Waals surface area contributed by atoms with Crippen LogP contribution in [0.3, 0.4) is 0 Å². The van der Waals surface area contributed by atoms with Gasteiger partial charge >= 0.3 is 0 Å². The largest absolute Gasteiger partial charge is 0.495 e. The van der Waals surface area contributed by atoms with Crippen LogP contribution in [0.1, 0.15) is 12.0 Å². The van der Waals surface area contributed by atoms with Gasteiger partial charge in [-0.25, -0.2) is 0 Å². The zero-order chi connectivity index (χ0) is 12.0. The van der Waals surface area contributed by atoms with Gasteiger partial charge < -0.3 is 15.2 Å². The summed E-state index contributed by atoms with van der Waals surface area (Å²) in [4.78, 5) is 0. The Bertz CT molecular complexity index is 345. The van der Waals surface area contributed by atoms with Crippen LogP contribution >= 0.6 is 23.2 Å². The predicted molar refractivity (Wildman–Crippen MR) is 66.4 cm³/mol. The molecule has 0 heterocycles. The second kappa shape index (κ2) is 6.97. The maximum Gasteiger partial charge on any atom is 0.138 e. The SMILES string of the molecule is COc1ccc(CNCCCO)c(Cl)c1Cl. The van der Waals surface area contributed by atoms with Crippen LogP contribution in [0.4, 0.5) is 0 Å². The predicted octanol–water partition coefficient (Wildman–Crippen LogP) is 2.47. The van der Waals surface area contributed by atoms with Gasteiger partial charge in [0.1, 0.15) is 10.8 Å². The molecule has 2 N–H and O–H groups in total. The lowest BCUT2D eigenvalue weighted by molar-refractivity contribution is 0.286. The summed E-state index contributed by atoms with van der Waals surface area (Å²) in [5.74, 6) is 0.575. The van der Waals surface area contributed by atoms with Gasteiger partial charge in [0.2, 0.25) is 0 Å². The summed E-state index contributed by atoms with van der Waals surface area (Å²) < 4.78 is 5.05. The monoisotopic (exact) mass is 263 g/mol. The normalized spacial score (nSPS) is 10.5. The van der Waals surface area contributed by atoms with Crippen molar-refractivity contribution >= 4 is 23.2 Å². The number of methoxy groups -OCH3 is 1. The van der Waals surface area contributed by atoms with Crippen molar-refractivity contribution in [2.24, 2.45) is 0 Å². The lowest BCUT2D eigenvalue weighted by atomic mass is 10.2. The maximum atomic E-state index is 8.63. The Labute approximate surface area is 105 Å². The molecule has 1 aromatic rings. The molecule has 1 aromatic carbocycles. The van der Waals surface area contributed by atoms with Crippen LogP contribution < -0.4 is 10.1 Å². The molecular weight excluding hydrogens is 249 g/mol. The average molecular weight is 264 g/mol. The van der Waals surface area contributed by atoms with E-state index in [-0.39, 0.29) is 6.61 Å². The number of aliphatic hydroxyl groups is 1. The standard InChI is InChI=1S/C11H15Cl2NO2/c1-16-9-4-3-8(10(12)11(9)13)7-14-5-2-6-15/h3-4,14-15H,2,5-7H2,1H3. The molecule has 0 unspecified atom stereocenters. The minimum atomic E-state index is 0.185. The molecule has 0 aromatic heterocycles. The minimum Gasteiger partial charge on any atom is -0.495 e. The van der Waals surface area contributed by atoms with E-state index >= 15 is 0 Å². The van der Waals surface area contributed by atoms with E-state index in [9.17, 15) is 0 Å². The Morgan fingerprint density at radius 2 is 2.06 bits per heavy atom. The lowest BCUT2D eigenvalue weighted by Gasteiger charge is -2.10. The van der Waals surface area contributed by atoms with E-state index in [1.165, 1.54) is 0 Å². The van der Waals surface area contributed by atoms with Crippen molar-refractivity contribution in [1.29, 1.82) is 0 Å². The Kier molecular flexibility index (Phi) is 5.91. The van der Waals surface area contributed by atoms with E-state index < -0.39 is 0 Å². The maximum absolute atomic E-state index is 8.63. The van der Waals surface area contributed by atoms with Gasteiger partial charge in [0, 0.05) is 13.2 Å². The van der Waals surface area contributed by atoms with Crippen LogP contribution in [-0.2, 0) is 6.54 Å².